The molecule has 0 radical (unpaired) electrons. The van der Waals surface area contributed by atoms with Crippen molar-refractivity contribution in [1.29, 1.82) is 0 Å². The van der Waals surface area contributed by atoms with E-state index in [2.05, 4.69) is 56.3 Å². The van der Waals surface area contributed by atoms with Gasteiger partial charge in [-0.05, 0) is 69.8 Å². The summed E-state index contributed by atoms with van der Waals surface area (Å²) in [6.45, 7) is 12.2. The Bertz CT molecular complexity index is 624. The van der Waals surface area contributed by atoms with Crippen LogP contribution in [-0.2, 0) is 0 Å². The van der Waals surface area contributed by atoms with Crippen LogP contribution in [0.1, 0.15) is 47.5 Å². The number of rotatable bonds is 12. The summed E-state index contributed by atoms with van der Waals surface area (Å²) in [5.41, 5.74) is 8.14. The first-order valence-electron chi connectivity index (χ1n) is 10.1. The Morgan fingerprint density at radius 1 is 1.32 bits per heavy atom. The van der Waals surface area contributed by atoms with E-state index in [1.54, 1.807) is 7.11 Å². The second-order valence-electron chi connectivity index (χ2n) is 8.04. The summed E-state index contributed by atoms with van der Waals surface area (Å²) >= 11 is 0. The molecule has 0 heterocycles. The summed E-state index contributed by atoms with van der Waals surface area (Å²) < 4.78 is 5.23. The molecule has 0 aliphatic rings. The fraction of sp³-hybridized carbons (Fsp3) is 0.636. The molecule has 0 spiro atoms. The Morgan fingerprint density at radius 2 is 1.96 bits per heavy atom. The topological polar surface area (TPSA) is 75.2 Å². The first-order valence-corrected chi connectivity index (χ1v) is 10.1. The maximum Gasteiger partial charge on any atom is 0.119 e. The van der Waals surface area contributed by atoms with Crippen LogP contribution >= 0.6 is 0 Å². The van der Waals surface area contributed by atoms with Crippen molar-refractivity contribution in [2.75, 3.05) is 32.6 Å². The summed E-state index contributed by atoms with van der Waals surface area (Å²) in [4.78, 5) is 0. The van der Waals surface area contributed by atoms with Gasteiger partial charge in [-0.1, -0.05) is 30.7 Å². The van der Waals surface area contributed by atoms with Crippen LogP contribution in [0.15, 0.2) is 46.3 Å². The highest BCUT2D eigenvalue weighted by Gasteiger charge is 2.25. The molecule has 0 aliphatic heterocycles. The second-order valence-corrected chi connectivity index (χ2v) is 8.04. The first-order chi connectivity index (χ1) is 13.2. The lowest BCUT2D eigenvalue weighted by atomic mass is 9.83. The zero-order valence-corrected chi connectivity index (χ0v) is 18.7. The highest BCUT2D eigenvalue weighted by Crippen LogP contribution is 2.27. The van der Waals surface area contributed by atoms with Gasteiger partial charge in [0.2, 0.25) is 0 Å². The van der Waals surface area contributed by atoms with Gasteiger partial charge in [0.05, 0.1) is 13.2 Å². The van der Waals surface area contributed by atoms with Crippen LogP contribution in [0.5, 0.6) is 5.75 Å². The molecule has 6 nitrogen and oxygen atoms in total. The lowest BCUT2D eigenvalue weighted by Crippen LogP contribution is -2.29. The molecule has 0 saturated carbocycles. The number of ether oxygens (including phenoxy) is 1. The minimum absolute atomic E-state index is 0.0546. The molecule has 0 aliphatic carbocycles. The van der Waals surface area contributed by atoms with E-state index < -0.39 is 0 Å². The Hall–Kier alpha value is -2.08. The number of hydrogen-bond donors (Lipinski definition) is 2. The molecule has 2 atom stereocenters. The van der Waals surface area contributed by atoms with Gasteiger partial charge in [-0.25, -0.2) is 0 Å². The third kappa shape index (κ3) is 7.89. The molecular formula is C22H39N5O. The predicted octanol–water partition coefficient (Wildman–Crippen LogP) is 4.89. The fourth-order valence-electron chi connectivity index (χ4n) is 2.77. The van der Waals surface area contributed by atoms with E-state index in [9.17, 15) is 0 Å². The number of nitrogens with zero attached hydrogens (tertiary/aromatic N) is 3. The summed E-state index contributed by atoms with van der Waals surface area (Å²) in [6, 6.07) is 8.38. The highest BCUT2D eigenvalue weighted by atomic mass is 16.5. The zero-order chi connectivity index (χ0) is 21.2. The van der Waals surface area contributed by atoms with Crippen LogP contribution in [0.3, 0.4) is 0 Å². The molecule has 0 saturated heterocycles. The third-order valence-corrected chi connectivity index (χ3v) is 5.47. The van der Waals surface area contributed by atoms with Crippen LogP contribution in [0.4, 0.5) is 5.69 Å². The molecule has 3 N–H and O–H groups in total. The van der Waals surface area contributed by atoms with Crippen LogP contribution < -0.4 is 15.8 Å². The van der Waals surface area contributed by atoms with Crippen molar-refractivity contribution in [3.8, 4) is 5.75 Å². The van der Waals surface area contributed by atoms with Crippen molar-refractivity contribution >= 4 is 5.69 Å². The monoisotopic (exact) mass is 389 g/mol. The lowest BCUT2D eigenvalue weighted by molar-refractivity contribution is 0.246. The van der Waals surface area contributed by atoms with Gasteiger partial charge in [0, 0.05) is 25.3 Å². The quantitative estimate of drug-likeness (QED) is 0.303. The third-order valence-electron chi connectivity index (χ3n) is 5.47. The molecule has 1 aromatic rings. The van der Waals surface area contributed by atoms with Crippen LogP contribution in [0.25, 0.3) is 0 Å². The fourth-order valence-corrected chi connectivity index (χ4v) is 2.77. The number of hydrogen-bond acceptors (Lipinski definition) is 5. The van der Waals surface area contributed by atoms with Crippen molar-refractivity contribution in [3.63, 3.8) is 0 Å². The molecule has 0 aromatic heterocycles. The number of anilines is 1. The lowest BCUT2D eigenvalue weighted by Gasteiger charge is -2.28. The molecule has 1 aromatic carbocycles. The minimum atomic E-state index is 0.0546. The van der Waals surface area contributed by atoms with Crippen LogP contribution in [0.2, 0.25) is 0 Å². The highest BCUT2D eigenvalue weighted by molar-refractivity contribution is 5.48. The van der Waals surface area contributed by atoms with E-state index in [1.165, 1.54) is 5.57 Å². The maximum absolute atomic E-state index is 5.71. The zero-order valence-electron chi connectivity index (χ0n) is 18.7. The Morgan fingerprint density at radius 3 is 2.50 bits per heavy atom. The SMILES string of the molecule is C/C=C(\C)C(CCN(C)N=NC(C)C(C)(C)CCN)Nc1ccc(OC)cc1. The standard InChI is InChI=1S/C22H39N5O/c1-8-17(2)21(24-19-9-11-20(28-7)12-10-19)13-16-27(6)26-25-18(3)22(4,5)14-15-23/h8-12,18,21,24H,13-16,23H2,1-7H3/b17-8+,26-25?. The largest absolute Gasteiger partial charge is 0.497 e. The van der Waals surface area contributed by atoms with E-state index in [4.69, 9.17) is 10.5 Å². The maximum atomic E-state index is 5.71. The average molecular weight is 390 g/mol. The number of methoxy groups -OCH3 is 1. The van der Waals surface area contributed by atoms with Crippen molar-refractivity contribution in [1.82, 2.24) is 5.01 Å². The van der Waals surface area contributed by atoms with Gasteiger partial charge in [-0.2, -0.15) is 5.11 Å². The normalized spacial score (nSPS) is 14.8. The van der Waals surface area contributed by atoms with Gasteiger partial charge in [-0.15, -0.1) is 0 Å². The van der Waals surface area contributed by atoms with E-state index >= 15 is 0 Å². The molecule has 6 heteroatoms. The number of allylic oxidation sites excluding steroid dienone is 1. The second kappa shape index (κ2) is 11.7. The Balaban J connectivity index is 2.65. The van der Waals surface area contributed by atoms with Gasteiger partial charge >= 0.3 is 0 Å². The van der Waals surface area contributed by atoms with Gasteiger partial charge in [0.15, 0.2) is 0 Å². The van der Waals surface area contributed by atoms with E-state index in [0.717, 1.165) is 30.8 Å². The molecule has 0 amide bonds. The molecule has 1 rings (SSSR count). The summed E-state index contributed by atoms with van der Waals surface area (Å²) in [7, 11) is 3.65. The van der Waals surface area contributed by atoms with Crippen molar-refractivity contribution in [2.45, 2.75) is 59.5 Å². The molecule has 2 unspecified atom stereocenters. The number of nitrogens with two attached hydrogens (primary N) is 1. The smallest absolute Gasteiger partial charge is 0.119 e. The van der Waals surface area contributed by atoms with Crippen molar-refractivity contribution in [2.24, 2.45) is 21.5 Å². The van der Waals surface area contributed by atoms with Crippen molar-refractivity contribution in [3.05, 3.63) is 35.9 Å². The predicted molar refractivity (Wildman–Crippen MR) is 119 cm³/mol. The summed E-state index contributed by atoms with van der Waals surface area (Å²) in [5.74, 6) is 0.858. The number of benzene rings is 1. The summed E-state index contributed by atoms with van der Waals surface area (Å²) in [5, 5.41) is 14.4. The summed E-state index contributed by atoms with van der Waals surface area (Å²) in [6.07, 6.45) is 4.02. The molecule has 0 fully saturated rings. The van der Waals surface area contributed by atoms with Crippen LogP contribution in [0, 0.1) is 5.41 Å². The molecule has 0 bridgehead atoms. The van der Waals surface area contributed by atoms with Gasteiger partial charge in [-0.3, -0.25) is 5.01 Å². The van der Waals surface area contributed by atoms with Gasteiger partial charge < -0.3 is 15.8 Å². The van der Waals surface area contributed by atoms with Gasteiger partial charge in [0.25, 0.3) is 0 Å². The Labute approximate surface area is 171 Å². The number of nitrogens with one attached hydrogen (secondary N) is 1. The Kier molecular flexibility index (Phi) is 10.0. The first kappa shape index (κ1) is 24.0. The van der Waals surface area contributed by atoms with Crippen molar-refractivity contribution < 1.29 is 4.74 Å². The molecule has 28 heavy (non-hydrogen) atoms. The van der Waals surface area contributed by atoms with Gasteiger partial charge in [0.1, 0.15) is 5.75 Å². The van der Waals surface area contributed by atoms with E-state index in [1.807, 2.05) is 36.3 Å². The van der Waals surface area contributed by atoms with E-state index in [0.29, 0.717) is 6.54 Å². The minimum Gasteiger partial charge on any atom is -0.497 e. The molecule has 158 valence electrons. The average Bonchev–Trinajstić information content (AvgIpc) is 2.68. The van der Waals surface area contributed by atoms with E-state index in [-0.39, 0.29) is 17.5 Å². The van der Waals surface area contributed by atoms with Crippen LogP contribution in [-0.4, -0.2) is 44.3 Å². The molecular weight excluding hydrogens is 350 g/mol.